The van der Waals surface area contributed by atoms with Gasteiger partial charge in [0.2, 0.25) is 11.8 Å². The first-order valence-electron chi connectivity index (χ1n) is 9.69. The van der Waals surface area contributed by atoms with E-state index in [2.05, 4.69) is 5.32 Å². The Morgan fingerprint density at radius 2 is 1.75 bits per heavy atom. The number of carbonyl (C=O) groups is 2. The standard InChI is InChI=1S/C23H29FN2O2/c1-5-10-25-23(28)18(4)26(15-20-8-6-7-9-21(20)24)22(27)14-19-12-16(2)11-17(3)13-19/h6-9,11-13,18H,5,10,14-15H2,1-4H3,(H,25,28)/t18-/m0/s1. The van der Waals surface area contributed by atoms with E-state index in [1.165, 1.54) is 11.0 Å². The average Bonchev–Trinajstić information content (AvgIpc) is 2.64. The number of amides is 2. The zero-order valence-corrected chi connectivity index (χ0v) is 17.1. The zero-order valence-electron chi connectivity index (χ0n) is 17.1. The van der Waals surface area contributed by atoms with Gasteiger partial charge in [0.15, 0.2) is 0 Å². The molecular weight excluding hydrogens is 355 g/mol. The Balaban J connectivity index is 2.26. The van der Waals surface area contributed by atoms with Crippen LogP contribution in [-0.4, -0.2) is 29.3 Å². The van der Waals surface area contributed by atoms with Crippen molar-refractivity contribution in [1.82, 2.24) is 10.2 Å². The molecule has 5 heteroatoms. The molecule has 2 rings (SSSR count). The van der Waals surface area contributed by atoms with Crippen LogP contribution < -0.4 is 5.32 Å². The summed E-state index contributed by atoms with van der Waals surface area (Å²) in [5, 5.41) is 2.82. The van der Waals surface area contributed by atoms with Crippen LogP contribution in [0.25, 0.3) is 0 Å². The first kappa shape index (κ1) is 21.6. The largest absolute Gasteiger partial charge is 0.354 e. The van der Waals surface area contributed by atoms with Crippen molar-refractivity contribution in [3.63, 3.8) is 0 Å². The summed E-state index contributed by atoms with van der Waals surface area (Å²) in [6.07, 6.45) is 0.977. The lowest BCUT2D eigenvalue weighted by Crippen LogP contribution is -2.48. The molecule has 0 aliphatic heterocycles. The first-order chi connectivity index (χ1) is 13.3. The lowest BCUT2D eigenvalue weighted by atomic mass is 10.0. The second kappa shape index (κ2) is 10.0. The fourth-order valence-corrected chi connectivity index (χ4v) is 3.24. The molecule has 0 aliphatic carbocycles. The molecule has 0 radical (unpaired) electrons. The molecule has 0 saturated carbocycles. The predicted molar refractivity (Wildman–Crippen MR) is 109 cm³/mol. The molecule has 1 atom stereocenters. The Bertz CT molecular complexity index is 815. The molecule has 0 bridgehead atoms. The number of rotatable bonds is 8. The highest BCUT2D eigenvalue weighted by atomic mass is 19.1. The van der Waals surface area contributed by atoms with E-state index < -0.39 is 6.04 Å². The molecule has 28 heavy (non-hydrogen) atoms. The summed E-state index contributed by atoms with van der Waals surface area (Å²) in [7, 11) is 0. The van der Waals surface area contributed by atoms with Gasteiger partial charge in [-0.25, -0.2) is 4.39 Å². The summed E-state index contributed by atoms with van der Waals surface area (Å²) in [5.74, 6) is -0.813. The minimum absolute atomic E-state index is 0.0526. The molecule has 2 aromatic rings. The third-order valence-corrected chi connectivity index (χ3v) is 4.65. The van der Waals surface area contributed by atoms with Crippen molar-refractivity contribution < 1.29 is 14.0 Å². The maximum atomic E-state index is 14.2. The van der Waals surface area contributed by atoms with Crippen molar-refractivity contribution in [1.29, 1.82) is 0 Å². The highest BCUT2D eigenvalue weighted by Crippen LogP contribution is 2.16. The van der Waals surface area contributed by atoms with Crippen LogP contribution in [-0.2, 0) is 22.6 Å². The quantitative estimate of drug-likeness (QED) is 0.750. The number of hydrogen-bond acceptors (Lipinski definition) is 2. The molecule has 2 aromatic carbocycles. The lowest BCUT2D eigenvalue weighted by Gasteiger charge is -2.29. The van der Waals surface area contributed by atoms with Crippen LogP contribution in [0.5, 0.6) is 0 Å². The molecule has 0 unspecified atom stereocenters. The third-order valence-electron chi connectivity index (χ3n) is 4.65. The molecule has 0 aromatic heterocycles. The number of aryl methyl sites for hydroxylation is 2. The van der Waals surface area contributed by atoms with Crippen LogP contribution in [0.2, 0.25) is 0 Å². The van der Waals surface area contributed by atoms with Gasteiger partial charge in [0.25, 0.3) is 0 Å². The van der Waals surface area contributed by atoms with E-state index in [4.69, 9.17) is 0 Å². The molecule has 0 saturated heterocycles. The minimum Gasteiger partial charge on any atom is -0.354 e. The smallest absolute Gasteiger partial charge is 0.242 e. The highest BCUT2D eigenvalue weighted by molar-refractivity contribution is 5.88. The normalized spacial score (nSPS) is 11.8. The van der Waals surface area contributed by atoms with Gasteiger partial charge in [-0.1, -0.05) is 54.4 Å². The average molecular weight is 384 g/mol. The van der Waals surface area contributed by atoms with Crippen LogP contribution in [0.15, 0.2) is 42.5 Å². The number of carbonyl (C=O) groups excluding carboxylic acids is 2. The van der Waals surface area contributed by atoms with Gasteiger partial charge in [0.1, 0.15) is 11.9 Å². The fourth-order valence-electron chi connectivity index (χ4n) is 3.24. The molecule has 0 spiro atoms. The summed E-state index contributed by atoms with van der Waals surface area (Å²) in [4.78, 5) is 27.0. The van der Waals surface area contributed by atoms with Gasteiger partial charge in [-0.05, 0) is 38.8 Å². The SMILES string of the molecule is CCCNC(=O)[C@H](C)N(Cc1ccccc1F)C(=O)Cc1cc(C)cc(C)c1. The van der Waals surface area contributed by atoms with Crippen LogP contribution >= 0.6 is 0 Å². The van der Waals surface area contributed by atoms with Crippen molar-refractivity contribution in [2.45, 2.75) is 53.1 Å². The molecule has 150 valence electrons. The summed E-state index contributed by atoms with van der Waals surface area (Å²) in [5.41, 5.74) is 3.45. The van der Waals surface area contributed by atoms with Gasteiger partial charge in [0, 0.05) is 18.7 Å². The summed E-state index contributed by atoms with van der Waals surface area (Å²) < 4.78 is 14.2. The van der Waals surface area contributed by atoms with Crippen LogP contribution in [0.1, 0.15) is 42.5 Å². The Morgan fingerprint density at radius 1 is 1.11 bits per heavy atom. The maximum absolute atomic E-state index is 14.2. The van der Waals surface area contributed by atoms with Gasteiger partial charge < -0.3 is 10.2 Å². The Hall–Kier alpha value is -2.69. The van der Waals surface area contributed by atoms with Gasteiger partial charge in [-0.15, -0.1) is 0 Å². The summed E-state index contributed by atoms with van der Waals surface area (Å²) in [6, 6.07) is 11.6. The first-order valence-corrected chi connectivity index (χ1v) is 9.69. The molecule has 4 nitrogen and oxygen atoms in total. The summed E-state index contributed by atoms with van der Waals surface area (Å²) in [6.45, 7) is 8.22. The van der Waals surface area contributed by atoms with E-state index in [9.17, 15) is 14.0 Å². The minimum atomic E-state index is -0.690. The van der Waals surface area contributed by atoms with E-state index in [1.807, 2.05) is 39.0 Å². The number of halogens is 1. The van der Waals surface area contributed by atoms with Crippen molar-refractivity contribution in [3.8, 4) is 0 Å². The van der Waals surface area contributed by atoms with E-state index in [0.29, 0.717) is 12.1 Å². The number of nitrogens with one attached hydrogen (secondary N) is 1. The van der Waals surface area contributed by atoms with Crippen LogP contribution in [0, 0.1) is 19.7 Å². The monoisotopic (exact) mass is 384 g/mol. The van der Waals surface area contributed by atoms with Crippen LogP contribution in [0.4, 0.5) is 4.39 Å². The second-order valence-electron chi connectivity index (χ2n) is 7.25. The van der Waals surface area contributed by atoms with Gasteiger partial charge in [-0.3, -0.25) is 9.59 Å². The third kappa shape index (κ3) is 5.91. The molecule has 0 fully saturated rings. The van der Waals surface area contributed by atoms with E-state index in [0.717, 1.165) is 23.1 Å². The molecule has 2 amide bonds. The van der Waals surface area contributed by atoms with E-state index in [1.54, 1.807) is 25.1 Å². The molecule has 0 aliphatic rings. The number of hydrogen-bond donors (Lipinski definition) is 1. The van der Waals surface area contributed by atoms with Gasteiger partial charge >= 0.3 is 0 Å². The topological polar surface area (TPSA) is 49.4 Å². The second-order valence-corrected chi connectivity index (χ2v) is 7.25. The Kier molecular flexibility index (Phi) is 7.73. The molecule has 0 heterocycles. The van der Waals surface area contributed by atoms with Crippen molar-refractivity contribution in [3.05, 3.63) is 70.5 Å². The van der Waals surface area contributed by atoms with Crippen molar-refractivity contribution >= 4 is 11.8 Å². The van der Waals surface area contributed by atoms with Gasteiger partial charge in [-0.2, -0.15) is 0 Å². The molecule has 1 N–H and O–H groups in total. The maximum Gasteiger partial charge on any atom is 0.242 e. The summed E-state index contributed by atoms with van der Waals surface area (Å²) >= 11 is 0. The van der Waals surface area contributed by atoms with E-state index >= 15 is 0 Å². The van der Waals surface area contributed by atoms with E-state index in [-0.39, 0.29) is 30.6 Å². The zero-order chi connectivity index (χ0) is 20.7. The number of benzene rings is 2. The number of nitrogens with zero attached hydrogens (tertiary/aromatic N) is 1. The van der Waals surface area contributed by atoms with Crippen molar-refractivity contribution in [2.24, 2.45) is 0 Å². The van der Waals surface area contributed by atoms with Gasteiger partial charge in [0.05, 0.1) is 6.42 Å². The lowest BCUT2D eigenvalue weighted by molar-refractivity contribution is -0.140. The highest BCUT2D eigenvalue weighted by Gasteiger charge is 2.26. The fraction of sp³-hybridized carbons (Fsp3) is 0.391. The predicted octanol–water partition coefficient (Wildman–Crippen LogP) is 3.93. The molecular formula is C23H29FN2O2. The van der Waals surface area contributed by atoms with Crippen molar-refractivity contribution in [2.75, 3.05) is 6.54 Å². The van der Waals surface area contributed by atoms with Crippen LogP contribution in [0.3, 0.4) is 0 Å². The Labute approximate surface area is 166 Å². The Morgan fingerprint density at radius 3 is 2.36 bits per heavy atom.